The van der Waals surface area contributed by atoms with E-state index in [1.54, 1.807) is 20.8 Å². The number of carbonyl (C=O) groups excluding carboxylic acids is 2. The van der Waals surface area contributed by atoms with Crippen molar-refractivity contribution < 1.29 is 28.2 Å². The first-order chi connectivity index (χ1) is 12.1. The van der Waals surface area contributed by atoms with Crippen molar-refractivity contribution in [2.45, 2.75) is 57.8 Å². The summed E-state index contributed by atoms with van der Waals surface area (Å²) in [5.41, 5.74) is -0.872. The molecule has 2 rings (SSSR count). The number of amides is 1. The maximum atomic E-state index is 14.2. The molecule has 1 fully saturated rings. The summed E-state index contributed by atoms with van der Waals surface area (Å²) in [5, 5.41) is 2.79. The predicted octanol–water partition coefficient (Wildman–Crippen LogP) is 4.20. The van der Waals surface area contributed by atoms with Crippen LogP contribution in [0.25, 0.3) is 0 Å². The summed E-state index contributed by atoms with van der Waals surface area (Å²) in [6.07, 6.45) is 1.25. The zero-order valence-electron chi connectivity index (χ0n) is 15.2. The van der Waals surface area contributed by atoms with Gasteiger partial charge in [-0.1, -0.05) is 15.9 Å². The summed E-state index contributed by atoms with van der Waals surface area (Å²) in [4.78, 5) is 23.9. The second-order valence-corrected chi connectivity index (χ2v) is 8.01. The molecule has 1 aromatic rings. The second kappa shape index (κ2) is 8.24. The van der Waals surface area contributed by atoms with Gasteiger partial charge < -0.3 is 19.5 Å². The average Bonchev–Trinajstić information content (AvgIpc) is 2.91. The largest absolute Gasteiger partial charge is 0.487 e. The number of ether oxygens (including phenoxy) is 3. The van der Waals surface area contributed by atoms with Crippen LogP contribution in [0.15, 0.2) is 16.6 Å². The lowest BCUT2D eigenvalue weighted by molar-refractivity contribution is 0.0456. The summed E-state index contributed by atoms with van der Waals surface area (Å²) in [6, 6.07) is 2.39. The lowest BCUT2D eigenvalue weighted by atomic mass is 10.1. The first-order valence-corrected chi connectivity index (χ1v) is 9.13. The van der Waals surface area contributed by atoms with Crippen molar-refractivity contribution in [3.05, 3.63) is 28.0 Å². The molecule has 1 aliphatic rings. The van der Waals surface area contributed by atoms with E-state index in [0.717, 1.165) is 6.42 Å². The van der Waals surface area contributed by atoms with Crippen molar-refractivity contribution in [1.82, 2.24) is 5.32 Å². The topological polar surface area (TPSA) is 73.9 Å². The van der Waals surface area contributed by atoms with Crippen LogP contribution in [0.1, 0.15) is 50.4 Å². The third-order valence-electron chi connectivity index (χ3n) is 3.84. The highest BCUT2D eigenvalue weighted by Gasteiger charge is 2.33. The maximum Gasteiger partial charge on any atom is 0.408 e. The molecule has 0 aliphatic heterocycles. The molecule has 0 bridgehead atoms. The first-order valence-electron chi connectivity index (χ1n) is 8.34. The third-order valence-corrected chi connectivity index (χ3v) is 4.30. The minimum atomic E-state index is -0.820. The molecule has 0 radical (unpaired) electrons. The molecule has 2 atom stereocenters. The van der Waals surface area contributed by atoms with E-state index in [0.29, 0.717) is 17.3 Å². The van der Waals surface area contributed by atoms with Crippen molar-refractivity contribution in [2.75, 3.05) is 7.11 Å². The lowest BCUT2D eigenvalue weighted by Gasteiger charge is -2.26. The standard InChI is InChI=1S/C18H23BrFNO5/c1-18(2,3)26-17(23)21-12-6-5-7-13(12)25-14-9-10(19)8-11(20)15(14)16(22)24-4/h8-9,12-13H,5-7H2,1-4H3,(H,21,23)/t12-,13-/m1/s1. The fourth-order valence-corrected chi connectivity index (χ4v) is 3.21. The number of alkyl carbamates (subject to hydrolysis) is 1. The molecule has 144 valence electrons. The van der Waals surface area contributed by atoms with Crippen molar-refractivity contribution in [2.24, 2.45) is 0 Å². The number of esters is 1. The highest BCUT2D eigenvalue weighted by atomic mass is 79.9. The zero-order chi connectivity index (χ0) is 19.5. The fourth-order valence-electron chi connectivity index (χ4n) is 2.80. The number of benzene rings is 1. The van der Waals surface area contributed by atoms with Crippen LogP contribution in [0, 0.1) is 5.82 Å². The Hall–Kier alpha value is -1.83. The number of rotatable bonds is 4. The van der Waals surface area contributed by atoms with Gasteiger partial charge in [-0.2, -0.15) is 0 Å². The van der Waals surface area contributed by atoms with Crippen LogP contribution >= 0.6 is 15.9 Å². The van der Waals surface area contributed by atoms with Gasteiger partial charge >= 0.3 is 12.1 Å². The molecule has 1 amide bonds. The van der Waals surface area contributed by atoms with Crippen LogP contribution in [0.2, 0.25) is 0 Å². The number of nitrogens with one attached hydrogen (secondary N) is 1. The van der Waals surface area contributed by atoms with Crippen molar-refractivity contribution >= 4 is 28.0 Å². The van der Waals surface area contributed by atoms with Gasteiger partial charge in [-0.25, -0.2) is 14.0 Å². The Bertz CT molecular complexity index is 689. The van der Waals surface area contributed by atoms with E-state index in [2.05, 4.69) is 26.0 Å². The Kier molecular flexibility index (Phi) is 6.49. The van der Waals surface area contributed by atoms with E-state index < -0.39 is 29.6 Å². The van der Waals surface area contributed by atoms with Crippen LogP contribution in [0.3, 0.4) is 0 Å². The molecule has 8 heteroatoms. The van der Waals surface area contributed by atoms with Gasteiger partial charge in [0, 0.05) is 4.47 Å². The monoisotopic (exact) mass is 431 g/mol. The first kappa shape index (κ1) is 20.5. The van der Waals surface area contributed by atoms with Gasteiger partial charge in [0.15, 0.2) is 0 Å². The molecule has 0 unspecified atom stereocenters. The number of carbonyl (C=O) groups is 2. The summed E-state index contributed by atoms with van der Waals surface area (Å²) < 4.78 is 30.5. The van der Waals surface area contributed by atoms with Crippen molar-refractivity contribution in [1.29, 1.82) is 0 Å². The Balaban J connectivity index is 2.17. The molecule has 1 saturated carbocycles. The molecule has 1 aliphatic carbocycles. The van der Waals surface area contributed by atoms with Gasteiger partial charge in [-0.15, -0.1) is 0 Å². The molecular formula is C18H23BrFNO5. The van der Waals surface area contributed by atoms with Gasteiger partial charge in [0.25, 0.3) is 0 Å². The summed E-state index contributed by atoms with van der Waals surface area (Å²) >= 11 is 3.19. The molecular weight excluding hydrogens is 409 g/mol. The second-order valence-electron chi connectivity index (χ2n) is 7.09. The van der Waals surface area contributed by atoms with Crippen LogP contribution in [0.4, 0.5) is 9.18 Å². The Morgan fingerprint density at radius 3 is 2.58 bits per heavy atom. The Morgan fingerprint density at radius 1 is 1.27 bits per heavy atom. The highest BCUT2D eigenvalue weighted by molar-refractivity contribution is 9.10. The number of hydrogen-bond acceptors (Lipinski definition) is 5. The number of hydrogen-bond donors (Lipinski definition) is 1. The smallest absolute Gasteiger partial charge is 0.408 e. The fraction of sp³-hybridized carbons (Fsp3) is 0.556. The van der Waals surface area contributed by atoms with Gasteiger partial charge in [0.05, 0.1) is 13.2 Å². The summed E-state index contributed by atoms with van der Waals surface area (Å²) in [5.74, 6) is -1.48. The molecule has 0 spiro atoms. The molecule has 0 saturated heterocycles. The molecule has 1 aromatic carbocycles. The molecule has 0 heterocycles. The van der Waals surface area contributed by atoms with Crippen LogP contribution in [0.5, 0.6) is 5.75 Å². The van der Waals surface area contributed by atoms with Crippen LogP contribution < -0.4 is 10.1 Å². The molecule has 1 N–H and O–H groups in total. The van der Waals surface area contributed by atoms with E-state index in [9.17, 15) is 14.0 Å². The quantitative estimate of drug-likeness (QED) is 0.723. The van der Waals surface area contributed by atoms with E-state index in [1.807, 2.05) is 0 Å². The Morgan fingerprint density at radius 2 is 1.96 bits per heavy atom. The predicted molar refractivity (Wildman–Crippen MR) is 96.9 cm³/mol. The number of halogens is 2. The minimum Gasteiger partial charge on any atom is -0.487 e. The minimum absolute atomic E-state index is 0.0756. The van der Waals surface area contributed by atoms with Crippen molar-refractivity contribution in [3.63, 3.8) is 0 Å². The average molecular weight is 432 g/mol. The lowest BCUT2D eigenvalue weighted by Crippen LogP contribution is -2.44. The number of methoxy groups -OCH3 is 1. The maximum absolute atomic E-state index is 14.2. The SMILES string of the molecule is COC(=O)c1c(F)cc(Br)cc1O[C@@H]1CCC[C@H]1NC(=O)OC(C)(C)C. The van der Waals surface area contributed by atoms with Crippen molar-refractivity contribution in [3.8, 4) is 5.75 Å². The van der Waals surface area contributed by atoms with E-state index in [1.165, 1.54) is 19.2 Å². The van der Waals surface area contributed by atoms with Crippen LogP contribution in [-0.4, -0.2) is 36.9 Å². The highest BCUT2D eigenvalue weighted by Crippen LogP contribution is 2.32. The van der Waals surface area contributed by atoms with Gasteiger partial charge in [-0.3, -0.25) is 0 Å². The normalized spacial score (nSPS) is 19.8. The van der Waals surface area contributed by atoms with E-state index in [4.69, 9.17) is 9.47 Å². The third kappa shape index (κ3) is 5.33. The van der Waals surface area contributed by atoms with E-state index >= 15 is 0 Å². The van der Waals surface area contributed by atoms with Gasteiger partial charge in [0.2, 0.25) is 0 Å². The summed E-state index contributed by atoms with van der Waals surface area (Å²) in [7, 11) is 1.18. The van der Waals surface area contributed by atoms with Crippen LogP contribution in [-0.2, 0) is 9.47 Å². The molecule has 0 aromatic heterocycles. The summed E-state index contributed by atoms with van der Waals surface area (Å²) in [6.45, 7) is 5.34. The molecule has 26 heavy (non-hydrogen) atoms. The Labute approximate surface area is 160 Å². The zero-order valence-corrected chi connectivity index (χ0v) is 16.8. The van der Waals surface area contributed by atoms with E-state index in [-0.39, 0.29) is 17.4 Å². The van der Waals surface area contributed by atoms with Gasteiger partial charge in [0.1, 0.15) is 28.8 Å². The van der Waals surface area contributed by atoms with Gasteiger partial charge in [-0.05, 0) is 52.2 Å². The molecule has 6 nitrogen and oxygen atoms in total.